The SMILES string of the molecule is CCOC(=O)C(C)(N)COc1cccc([N+](=O)[O-])c1C. The number of benzene rings is 1. The first-order chi connectivity index (χ1) is 9.29. The minimum absolute atomic E-state index is 0.0441. The second-order valence-corrected chi connectivity index (χ2v) is 4.58. The van der Waals surface area contributed by atoms with E-state index in [2.05, 4.69) is 0 Å². The van der Waals surface area contributed by atoms with Gasteiger partial charge in [0.25, 0.3) is 5.69 Å². The summed E-state index contributed by atoms with van der Waals surface area (Å²) in [6.07, 6.45) is 0. The Hall–Kier alpha value is -2.15. The Bertz CT molecular complexity index is 513. The molecule has 1 unspecified atom stereocenters. The van der Waals surface area contributed by atoms with Crippen molar-refractivity contribution in [1.29, 1.82) is 0 Å². The first kappa shape index (κ1) is 15.9. The Morgan fingerprint density at radius 3 is 2.70 bits per heavy atom. The monoisotopic (exact) mass is 282 g/mol. The summed E-state index contributed by atoms with van der Waals surface area (Å²) in [4.78, 5) is 21.9. The van der Waals surface area contributed by atoms with Gasteiger partial charge in [0.15, 0.2) is 0 Å². The average Bonchev–Trinajstić information content (AvgIpc) is 2.37. The van der Waals surface area contributed by atoms with Gasteiger partial charge in [0.2, 0.25) is 0 Å². The fourth-order valence-electron chi connectivity index (χ4n) is 1.54. The lowest BCUT2D eigenvalue weighted by Gasteiger charge is -2.22. The molecule has 0 bridgehead atoms. The summed E-state index contributed by atoms with van der Waals surface area (Å²) in [6.45, 7) is 4.83. The van der Waals surface area contributed by atoms with Crippen LogP contribution in [0.5, 0.6) is 5.75 Å². The van der Waals surface area contributed by atoms with E-state index in [9.17, 15) is 14.9 Å². The average molecular weight is 282 g/mol. The number of hydrogen-bond donors (Lipinski definition) is 1. The molecule has 0 aromatic heterocycles. The maximum atomic E-state index is 11.6. The van der Waals surface area contributed by atoms with Crippen LogP contribution in [-0.4, -0.2) is 29.6 Å². The fraction of sp³-hybridized carbons (Fsp3) is 0.462. The zero-order chi connectivity index (χ0) is 15.3. The number of nitro benzene ring substituents is 1. The topological polar surface area (TPSA) is 105 Å². The lowest BCUT2D eigenvalue weighted by molar-refractivity contribution is -0.385. The van der Waals surface area contributed by atoms with Gasteiger partial charge in [-0.25, -0.2) is 4.79 Å². The summed E-state index contributed by atoms with van der Waals surface area (Å²) >= 11 is 0. The van der Waals surface area contributed by atoms with Crippen molar-refractivity contribution in [2.45, 2.75) is 26.3 Å². The number of nitro groups is 1. The highest BCUT2D eigenvalue weighted by atomic mass is 16.6. The van der Waals surface area contributed by atoms with Gasteiger partial charge in [-0.3, -0.25) is 10.1 Å². The highest BCUT2D eigenvalue weighted by molar-refractivity contribution is 5.80. The number of ether oxygens (including phenoxy) is 2. The number of rotatable bonds is 6. The smallest absolute Gasteiger partial charge is 0.329 e. The zero-order valence-corrected chi connectivity index (χ0v) is 11.7. The van der Waals surface area contributed by atoms with Crippen molar-refractivity contribution in [1.82, 2.24) is 0 Å². The molecule has 0 radical (unpaired) electrons. The number of esters is 1. The van der Waals surface area contributed by atoms with Gasteiger partial charge in [-0.15, -0.1) is 0 Å². The normalized spacial score (nSPS) is 13.4. The standard InChI is InChI=1S/C13H18N2O5/c1-4-19-12(16)13(3,14)8-20-11-7-5-6-10(9(11)2)15(17)18/h5-7H,4,8,14H2,1-3H3. The third kappa shape index (κ3) is 3.67. The van der Waals surface area contributed by atoms with Gasteiger partial charge in [-0.2, -0.15) is 0 Å². The van der Waals surface area contributed by atoms with Crippen LogP contribution in [0.3, 0.4) is 0 Å². The van der Waals surface area contributed by atoms with Gasteiger partial charge in [0.1, 0.15) is 17.9 Å². The first-order valence-corrected chi connectivity index (χ1v) is 6.12. The largest absolute Gasteiger partial charge is 0.491 e. The minimum Gasteiger partial charge on any atom is -0.491 e. The number of carbonyl (C=O) groups excluding carboxylic acids is 1. The zero-order valence-electron chi connectivity index (χ0n) is 11.7. The van der Waals surface area contributed by atoms with Gasteiger partial charge in [-0.1, -0.05) is 6.07 Å². The Morgan fingerprint density at radius 2 is 2.15 bits per heavy atom. The summed E-state index contributed by atoms with van der Waals surface area (Å²) in [5, 5.41) is 10.8. The molecule has 0 aliphatic carbocycles. The first-order valence-electron chi connectivity index (χ1n) is 6.12. The Morgan fingerprint density at radius 1 is 1.50 bits per heavy atom. The van der Waals surface area contributed by atoms with Crippen LogP contribution in [0.15, 0.2) is 18.2 Å². The van der Waals surface area contributed by atoms with Gasteiger partial charge in [0.05, 0.1) is 17.1 Å². The Labute approximate surface area is 116 Å². The molecule has 0 aliphatic heterocycles. The van der Waals surface area contributed by atoms with Crippen LogP contribution < -0.4 is 10.5 Å². The molecule has 1 atom stereocenters. The van der Waals surface area contributed by atoms with E-state index in [1.54, 1.807) is 19.9 Å². The molecule has 0 fully saturated rings. The molecular weight excluding hydrogens is 264 g/mol. The number of hydrogen-bond acceptors (Lipinski definition) is 6. The molecule has 7 nitrogen and oxygen atoms in total. The Balaban J connectivity index is 2.83. The van der Waals surface area contributed by atoms with Crippen molar-refractivity contribution in [2.75, 3.05) is 13.2 Å². The second kappa shape index (κ2) is 6.33. The van der Waals surface area contributed by atoms with E-state index in [1.807, 2.05) is 0 Å². The van der Waals surface area contributed by atoms with Crippen LogP contribution in [0, 0.1) is 17.0 Å². The summed E-state index contributed by atoms with van der Waals surface area (Å²) in [7, 11) is 0. The fourth-order valence-corrected chi connectivity index (χ4v) is 1.54. The summed E-state index contributed by atoms with van der Waals surface area (Å²) in [6, 6.07) is 4.48. The van der Waals surface area contributed by atoms with Gasteiger partial charge in [0, 0.05) is 6.07 Å². The Kier molecular flexibility index (Phi) is 5.04. The van der Waals surface area contributed by atoms with Crippen LogP contribution in [0.25, 0.3) is 0 Å². The number of nitrogens with two attached hydrogens (primary N) is 1. The molecule has 110 valence electrons. The number of carbonyl (C=O) groups is 1. The third-order valence-corrected chi connectivity index (χ3v) is 2.72. The molecule has 0 amide bonds. The highest BCUT2D eigenvalue weighted by Gasteiger charge is 2.31. The van der Waals surface area contributed by atoms with Crippen molar-refractivity contribution >= 4 is 11.7 Å². The van der Waals surface area contributed by atoms with Gasteiger partial charge < -0.3 is 15.2 Å². The van der Waals surface area contributed by atoms with E-state index in [1.165, 1.54) is 19.1 Å². The molecule has 1 rings (SSSR count). The van der Waals surface area contributed by atoms with Crippen LogP contribution in [0.2, 0.25) is 0 Å². The number of nitrogens with zero attached hydrogens (tertiary/aromatic N) is 1. The molecule has 2 N–H and O–H groups in total. The predicted octanol–water partition coefficient (Wildman–Crippen LogP) is 1.56. The van der Waals surface area contributed by atoms with E-state index in [0.717, 1.165) is 0 Å². The molecule has 1 aromatic carbocycles. The summed E-state index contributed by atoms with van der Waals surface area (Å²) < 4.78 is 10.3. The van der Waals surface area contributed by atoms with Crippen LogP contribution >= 0.6 is 0 Å². The lowest BCUT2D eigenvalue weighted by atomic mass is 10.1. The highest BCUT2D eigenvalue weighted by Crippen LogP contribution is 2.27. The summed E-state index contributed by atoms with van der Waals surface area (Å²) in [5.41, 5.74) is 4.84. The van der Waals surface area contributed by atoms with E-state index >= 15 is 0 Å². The van der Waals surface area contributed by atoms with Crippen molar-refractivity contribution in [3.63, 3.8) is 0 Å². The molecule has 20 heavy (non-hydrogen) atoms. The van der Waals surface area contributed by atoms with Crippen LogP contribution in [0.4, 0.5) is 5.69 Å². The molecule has 0 spiro atoms. The quantitative estimate of drug-likeness (QED) is 0.482. The van der Waals surface area contributed by atoms with Crippen molar-refractivity contribution in [3.05, 3.63) is 33.9 Å². The van der Waals surface area contributed by atoms with Gasteiger partial charge >= 0.3 is 5.97 Å². The summed E-state index contributed by atoms with van der Waals surface area (Å²) in [5.74, 6) is -0.261. The lowest BCUT2D eigenvalue weighted by Crippen LogP contribution is -2.51. The third-order valence-electron chi connectivity index (χ3n) is 2.72. The van der Waals surface area contributed by atoms with Crippen molar-refractivity contribution < 1.29 is 19.2 Å². The maximum Gasteiger partial charge on any atom is 0.329 e. The van der Waals surface area contributed by atoms with E-state index in [-0.39, 0.29) is 18.9 Å². The minimum atomic E-state index is -1.31. The molecular formula is C13H18N2O5. The van der Waals surface area contributed by atoms with Crippen molar-refractivity contribution in [2.24, 2.45) is 5.73 Å². The molecule has 0 heterocycles. The van der Waals surface area contributed by atoms with E-state index in [0.29, 0.717) is 11.3 Å². The van der Waals surface area contributed by atoms with Gasteiger partial charge in [-0.05, 0) is 26.8 Å². The van der Waals surface area contributed by atoms with Crippen LogP contribution in [0.1, 0.15) is 19.4 Å². The van der Waals surface area contributed by atoms with Crippen LogP contribution in [-0.2, 0) is 9.53 Å². The molecule has 0 aliphatic rings. The molecule has 1 aromatic rings. The van der Waals surface area contributed by atoms with E-state index in [4.69, 9.17) is 15.2 Å². The molecule has 0 saturated carbocycles. The van der Waals surface area contributed by atoms with E-state index < -0.39 is 16.4 Å². The van der Waals surface area contributed by atoms with Crippen molar-refractivity contribution in [3.8, 4) is 5.75 Å². The maximum absolute atomic E-state index is 11.6. The predicted molar refractivity (Wildman–Crippen MR) is 72.6 cm³/mol. The molecule has 0 saturated heterocycles. The second-order valence-electron chi connectivity index (χ2n) is 4.58. The molecule has 7 heteroatoms.